The Hall–Kier alpha value is -1.80. The molecule has 1 aliphatic rings. The molecule has 1 heterocycles. The predicted molar refractivity (Wildman–Crippen MR) is 76.3 cm³/mol. The van der Waals surface area contributed by atoms with Crippen LogP contribution < -0.4 is 5.32 Å². The van der Waals surface area contributed by atoms with E-state index >= 15 is 0 Å². The van der Waals surface area contributed by atoms with Crippen LogP contribution in [0.4, 0.5) is 0 Å². The van der Waals surface area contributed by atoms with E-state index in [0.717, 1.165) is 40.6 Å². The van der Waals surface area contributed by atoms with Crippen LogP contribution in [0.25, 0.3) is 11.1 Å². The van der Waals surface area contributed by atoms with Crippen molar-refractivity contribution < 1.29 is 0 Å². The van der Waals surface area contributed by atoms with Gasteiger partial charge in [-0.25, -0.2) is 0 Å². The topological polar surface area (TPSA) is 24.4 Å². The van der Waals surface area contributed by atoms with Gasteiger partial charge in [-0.3, -0.25) is 4.99 Å². The van der Waals surface area contributed by atoms with Gasteiger partial charge in [0.1, 0.15) is 5.84 Å². The van der Waals surface area contributed by atoms with E-state index in [9.17, 15) is 0 Å². The minimum atomic E-state index is 0.767. The maximum Gasteiger partial charge on any atom is 0.128 e. The van der Waals surface area contributed by atoms with E-state index in [0.29, 0.717) is 0 Å². The summed E-state index contributed by atoms with van der Waals surface area (Å²) < 4.78 is 0. The molecule has 18 heavy (non-hydrogen) atoms. The van der Waals surface area contributed by atoms with Gasteiger partial charge in [-0.15, -0.1) is 0 Å². The van der Waals surface area contributed by atoms with Gasteiger partial charge in [0.2, 0.25) is 0 Å². The van der Waals surface area contributed by atoms with Gasteiger partial charge in [-0.1, -0.05) is 41.9 Å². The van der Waals surface area contributed by atoms with Crippen molar-refractivity contribution in [3.05, 3.63) is 59.1 Å². The number of hydrogen-bond acceptors (Lipinski definition) is 2. The number of halogens is 1. The molecule has 1 aliphatic heterocycles. The van der Waals surface area contributed by atoms with Crippen molar-refractivity contribution >= 4 is 17.4 Å². The Morgan fingerprint density at radius 3 is 2.56 bits per heavy atom. The molecule has 0 radical (unpaired) electrons. The summed E-state index contributed by atoms with van der Waals surface area (Å²) in [5, 5.41) is 4.05. The Labute approximate surface area is 111 Å². The molecular weight excluding hydrogens is 244 g/mol. The number of nitrogens with zero attached hydrogens (tertiary/aromatic N) is 1. The maximum absolute atomic E-state index is 6.28. The first-order valence-corrected chi connectivity index (χ1v) is 6.36. The average molecular weight is 257 g/mol. The third-order valence-electron chi connectivity index (χ3n) is 3.00. The zero-order valence-corrected chi connectivity index (χ0v) is 10.6. The maximum atomic E-state index is 6.28. The van der Waals surface area contributed by atoms with Crippen LogP contribution in [0.2, 0.25) is 5.02 Å². The van der Waals surface area contributed by atoms with Gasteiger partial charge < -0.3 is 5.32 Å². The van der Waals surface area contributed by atoms with E-state index in [2.05, 4.69) is 28.5 Å². The quantitative estimate of drug-likeness (QED) is 0.876. The molecule has 2 aromatic carbocycles. The van der Waals surface area contributed by atoms with Crippen LogP contribution in [0.3, 0.4) is 0 Å². The lowest BCUT2D eigenvalue weighted by Gasteiger charge is -2.08. The third-order valence-corrected chi connectivity index (χ3v) is 3.33. The number of nitrogens with one attached hydrogen (secondary N) is 1. The lowest BCUT2D eigenvalue weighted by atomic mass is 10.0. The minimum Gasteiger partial charge on any atom is -0.368 e. The first-order valence-electron chi connectivity index (χ1n) is 5.98. The Balaban J connectivity index is 2.06. The van der Waals surface area contributed by atoms with E-state index in [1.807, 2.05) is 30.3 Å². The molecule has 0 spiro atoms. The summed E-state index contributed by atoms with van der Waals surface area (Å²) in [7, 11) is 0. The van der Waals surface area contributed by atoms with Gasteiger partial charge in [0.05, 0.1) is 6.54 Å². The van der Waals surface area contributed by atoms with Crippen molar-refractivity contribution in [1.29, 1.82) is 0 Å². The summed E-state index contributed by atoms with van der Waals surface area (Å²) in [6.07, 6.45) is 0. The van der Waals surface area contributed by atoms with Gasteiger partial charge in [0, 0.05) is 22.7 Å². The summed E-state index contributed by atoms with van der Waals surface area (Å²) in [6.45, 7) is 1.76. The summed E-state index contributed by atoms with van der Waals surface area (Å²) in [5.74, 6) is 0.962. The molecule has 2 aromatic rings. The Kier molecular flexibility index (Phi) is 3.03. The molecule has 0 unspecified atom stereocenters. The van der Waals surface area contributed by atoms with Crippen molar-refractivity contribution in [2.45, 2.75) is 0 Å². The van der Waals surface area contributed by atoms with Gasteiger partial charge >= 0.3 is 0 Å². The standard InChI is InChI=1S/C15H13ClN2/c16-14-7-6-12(15-17-8-9-18-15)10-13(14)11-4-2-1-3-5-11/h1-7,10H,8-9H2,(H,17,18). The van der Waals surface area contributed by atoms with E-state index in [1.54, 1.807) is 0 Å². The highest BCUT2D eigenvalue weighted by Gasteiger charge is 2.11. The lowest BCUT2D eigenvalue weighted by Crippen LogP contribution is -2.19. The highest BCUT2D eigenvalue weighted by atomic mass is 35.5. The fourth-order valence-corrected chi connectivity index (χ4v) is 2.33. The van der Waals surface area contributed by atoms with E-state index in [-0.39, 0.29) is 0 Å². The number of benzene rings is 2. The summed E-state index contributed by atoms with van der Waals surface area (Å²) in [6, 6.07) is 16.2. The monoisotopic (exact) mass is 256 g/mol. The van der Waals surface area contributed by atoms with Crippen molar-refractivity contribution in [3.63, 3.8) is 0 Å². The number of aliphatic imine (C=N–C) groups is 1. The molecule has 3 heteroatoms. The minimum absolute atomic E-state index is 0.767. The molecule has 1 N–H and O–H groups in total. The Morgan fingerprint density at radius 2 is 1.83 bits per heavy atom. The largest absolute Gasteiger partial charge is 0.368 e. The Bertz CT molecular complexity index is 591. The molecular formula is C15H13ClN2. The molecule has 0 fully saturated rings. The van der Waals surface area contributed by atoms with Crippen LogP contribution in [-0.2, 0) is 0 Å². The summed E-state index contributed by atoms with van der Waals surface area (Å²) >= 11 is 6.28. The van der Waals surface area contributed by atoms with Crippen LogP contribution in [0, 0.1) is 0 Å². The number of amidine groups is 1. The number of rotatable bonds is 2. The van der Waals surface area contributed by atoms with Crippen molar-refractivity contribution in [3.8, 4) is 11.1 Å². The molecule has 0 saturated heterocycles. The van der Waals surface area contributed by atoms with Gasteiger partial charge in [-0.2, -0.15) is 0 Å². The number of hydrogen-bond donors (Lipinski definition) is 1. The second-order valence-electron chi connectivity index (χ2n) is 4.22. The first kappa shape index (κ1) is 11.3. The Morgan fingerprint density at radius 1 is 1.00 bits per heavy atom. The highest BCUT2D eigenvalue weighted by molar-refractivity contribution is 6.33. The van der Waals surface area contributed by atoms with E-state index < -0.39 is 0 Å². The molecule has 0 aromatic heterocycles. The van der Waals surface area contributed by atoms with Gasteiger partial charge in [-0.05, 0) is 23.8 Å². The first-order chi connectivity index (χ1) is 8.84. The van der Waals surface area contributed by atoms with Crippen LogP contribution in [0.15, 0.2) is 53.5 Å². The third kappa shape index (κ3) is 2.12. The van der Waals surface area contributed by atoms with Crippen LogP contribution in [-0.4, -0.2) is 18.9 Å². The predicted octanol–water partition coefficient (Wildman–Crippen LogP) is 3.36. The normalized spacial score (nSPS) is 14.2. The molecule has 90 valence electrons. The molecule has 0 aliphatic carbocycles. The fourth-order valence-electron chi connectivity index (χ4n) is 2.10. The van der Waals surface area contributed by atoms with Crippen LogP contribution in [0.5, 0.6) is 0 Å². The summed E-state index contributed by atoms with van der Waals surface area (Å²) in [4.78, 5) is 4.43. The summed E-state index contributed by atoms with van der Waals surface area (Å²) in [5.41, 5.74) is 3.27. The van der Waals surface area contributed by atoms with Gasteiger partial charge in [0.25, 0.3) is 0 Å². The molecule has 2 nitrogen and oxygen atoms in total. The smallest absolute Gasteiger partial charge is 0.128 e. The second-order valence-corrected chi connectivity index (χ2v) is 4.62. The highest BCUT2D eigenvalue weighted by Crippen LogP contribution is 2.28. The lowest BCUT2D eigenvalue weighted by molar-refractivity contribution is 0.960. The second kappa shape index (κ2) is 4.83. The molecule has 0 bridgehead atoms. The molecule has 0 atom stereocenters. The zero-order valence-electron chi connectivity index (χ0n) is 9.86. The van der Waals surface area contributed by atoms with E-state index in [4.69, 9.17) is 11.6 Å². The fraction of sp³-hybridized carbons (Fsp3) is 0.133. The SMILES string of the molecule is Clc1ccc(C2=NCCN2)cc1-c1ccccc1. The molecule has 3 rings (SSSR count). The van der Waals surface area contributed by atoms with Crippen molar-refractivity contribution in [2.75, 3.05) is 13.1 Å². The molecule has 0 amide bonds. The van der Waals surface area contributed by atoms with Crippen LogP contribution >= 0.6 is 11.6 Å². The average Bonchev–Trinajstić information content (AvgIpc) is 2.94. The zero-order chi connectivity index (χ0) is 12.4. The van der Waals surface area contributed by atoms with E-state index in [1.165, 1.54) is 0 Å². The van der Waals surface area contributed by atoms with Crippen molar-refractivity contribution in [2.24, 2.45) is 4.99 Å². The molecule has 0 saturated carbocycles. The van der Waals surface area contributed by atoms with Crippen LogP contribution in [0.1, 0.15) is 5.56 Å². The van der Waals surface area contributed by atoms with Gasteiger partial charge in [0.15, 0.2) is 0 Å². The van der Waals surface area contributed by atoms with Crippen molar-refractivity contribution in [1.82, 2.24) is 5.32 Å².